The van der Waals surface area contributed by atoms with Crippen LogP contribution in [0.5, 0.6) is 0 Å². The molecule has 0 saturated heterocycles. The predicted octanol–water partition coefficient (Wildman–Crippen LogP) is 0.524. The number of hydrogen-bond donors (Lipinski definition) is 0. The first-order valence-corrected chi connectivity index (χ1v) is 3.50. The first-order chi connectivity index (χ1) is 3.91. The zero-order chi connectivity index (χ0) is 6.24. The van der Waals surface area contributed by atoms with Crippen LogP contribution in [0.4, 0.5) is 0 Å². The molecule has 0 aromatic carbocycles. The summed E-state index contributed by atoms with van der Waals surface area (Å²) >= 11 is 0. The van der Waals surface area contributed by atoms with Gasteiger partial charge in [0.1, 0.15) is 0 Å². The van der Waals surface area contributed by atoms with E-state index in [1.165, 1.54) is 0 Å². The lowest BCUT2D eigenvalue weighted by molar-refractivity contribution is 0.0789. The molecule has 0 spiro atoms. The molecule has 2 nitrogen and oxygen atoms in total. The normalized spacial score (nSPS) is 9.75. The van der Waals surface area contributed by atoms with Gasteiger partial charge in [0, 0.05) is 7.11 Å². The van der Waals surface area contributed by atoms with E-state index in [1.54, 1.807) is 7.11 Å². The molecule has 0 saturated carbocycles. The molecule has 8 heavy (non-hydrogen) atoms. The summed E-state index contributed by atoms with van der Waals surface area (Å²) in [6.45, 7) is 2.23. The molecule has 0 aliphatic heterocycles. The second kappa shape index (κ2) is 7.35. The van der Waals surface area contributed by atoms with Crippen LogP contribution in [0.2, 0.25) is 0 Å². The fraction of sp³-hybridized carbons (Fsp3) is 1.00. The van der Waals surface area contributed by atoms with E-state index < -0.39 is 0 Å². The van der Waals surface area contributed by atoms with Gasteiger partial charge in [0.2, 0.25) is 0 Å². The monoisotopic (exact) mass is 136 g/mol. The highest BCUT2D eigenvalue weighted by atomic mass is 31.0. The molecule has 0 rings (SSSR count). The van der Waals surface area contributed by atoms with Crippen LogP contribution in [0, 0.1) is 0 Å². The van der Waals surface area contributed by atoms with Crippen LogP contribution in [0.15, 0.2) is 0 Å². The molecule has 0 amide bonds. The standard InChI is InChI=1S/C5H13O2P/c1-6-2-3-7-4-5-8/h2-5,8H2,1H3. The van der Waals surface area contributed by atoms with Gasteiger partial charge < -0.3 is 9.47 Å². The van der Waals surface area contributed by atoms with Gasteiger partial charge >= 0.3 is 0 Å². The van der Waals surface area contributed by atoms with E-state index in [0.717, 1.165) is 12.8 Å². The van der Waals surface area contributed by atoms with Gasteiger partial charge in [0.05, 0.1) is 19.8 Å². The Hall–Kier alpha value is 0.350. The van der Waals surface area contributed by atoms with E-state index in [1.807, 2.05) is 0 Å². The molecule has 3 heteroatoms. The summed E-state index contributed by atoms with van der Waals surface area (Å²) in [5, 5.41) is 0. The van der Waals surface area contributed by atoms with Crippen molar-refractivity contribution < 1.29 is 9.47 Å². The molecule has 0 N–H and O–H groups in total. The van der Waals surface area contributed by atoms with E-state index >= 15 is 0 Å². The van der Waals surface area contributed by atoms with Crippen molar-refractivity contribution in [2.45, 2.75) is 0 Å². The molecule has 1 unspecified atom stereocenters. The Morgan fingerprint density at radius 2 is 2.00 bits per heavy atom. The van der Waals surface area contributed by atoms with Crippen molar-refractivity contribution in [1.82, 2.24) is 0 Å². The lowest BCUT2D eigenvalue weighted by Crippen LogP contribution is -2.02. The number of rotatable bonds is 5. The summed E-state index contributed by atoms with van der Waals surface area (Å²) in [7, 11) is 4.27. The average molecular weight is 136 g/mol. The van der Waals surface area contributed by atoms with Crippen molar-refractivity contribution in [3.05, 3.63) is 0 Å². The van der Waals surface area contributed by atoms with Gasteiger partial charge in [-0.15, -0.1) is 9.24 Å². The molecular weight excluding hydrogens is 123 g/mol. The molecule has 0 fully saturated rings. The summed E-state index contributed by atoms with van der Waals surface area (Å²) in [6.07, 6.45) is 1.00. The van der Waals surface area contributed by atoms with Crippen LogP contribution < -0.4 is 0 Å². The van der Waals surface area contributed by atoms with Gasteiger partial charge in [-0.05, 0) is 6.16 Å². The van der Waals surface area contributed by atoms with E-state index in [9.17, 15) is 0 Å². The molecule has 0 aliphatic rings. The van der Waals surface area contributed by atoms with Crippen LogP contribution in [0.1, 0.15) is 0 Å². The Morgan fingerprint density at radius 1 is 1.25 bits per heavy atom. The highest BCUT2D eigenvalue weighted by Crippen LogP contribution is 1.81. The maximum atomic E-state index is 5.08. The molecule has 0 heterocycles. The highest BCUT2D eigenvalue weighted by molar-refractivity contribution is 7.16. The Kier molecular flexibility index (Phi) is 7.67. The molecular formula is C5H13O2P. The average Bonchev–Trinajstić information content (AvgIpc) is 1.81. The van der Waals surface area contributed by atoms with Gasteiger partial charge in [-0.25, -0.2) is 0 Å². The topological polar surface area (TPSA) is 18.5 Å². The lowest BCUT2D eigenvalue weighted by atomic mass is 10.7. The third-order valence-corrected chi connectivity index (χ3v) is 0.930. The fourth-order valence-corrected chi connectivity index (χ4v) is 0.494. The van der Waals surface area contributed by atoms with E-state index in [2.05, 4.69) is 9.24 Å². The summed E-state index contributed by atoms with van der Waals surface area (Å²) < 4.78 is 9.83. The fourth-order valence-electron chi connectivity index (χ4n) is 0.328. The van der Waals surface area contributed by atoms with Gasteiger partial charge in [-0.2, -0.15) is 0 Å². The Bertz CT molecular complexity index is 35.4. The second-order valence-electron chi connectivity index (χ2n) is 1.39. The van der Waals surface area contributed by atoms with Crippen molar-refractivity contribution in [2.24, 2.45) is 0 Å². The summed E-state index contributed by atoms with van der Waals surface area (Å²) in [4.78, 5) is 0. The molecule has 0 radical (unpaired) electrons. The van der Waals surface area contributed by atoms with Gasteiger partial charge in [0.25, 0.3) is 0 Å². The maximum Gasteiger partial charge on any atom is 0.0700 e. The zero-order valence-electron chi connectivity index (χ0n) is 5.22. The van der Waals surface area contributed by atoms with Crippen molar-refractivity contribution in [1.29, 1.82) is 0 Å². The third-order valence-electron chi connectivity index (χ3n) is 0.694. The largest absolute Gasteiger partial charge is 0.382 e. The first kappa shape index (κ1) is 8.35. The summed E-state index contributed by atoms with van der Waals surface area (Å²) in [6, 6.07) is 0. The Balaban J connectivity index is 2.53. The Labute approximate surface area is 52.8 Å². The van der Waals surface area contributed by atoms with E-state index in [4.69, 9.17) is 9.47 Å². The molecule has 1 atom stereocenters. The second-order valence-corrected chi connectivity index (χ2v) is 1.97. The zero-order valence-corrected chi connectivity index (χ0v) is 6.38. The van der Waals surface area contributed by atoms with Crippen LogP contribution in [0.3, 0.4) is 0 Å². The minimum absolute atomic E-state index is 0.699. The SMILES string of the molecule is COCCOCCP. The van der Waals surface area contributed by atoms with Crippen molar-refractivity contribution >= 4 is 9.24 Å². The summed E-state index contributed by atoms with van der Waals surface area (Å²) in [5.74, 6) is 0. The number of hydrogen-bond acceptors (Lipinski definition) is 2. The molecule has 0 aromatic heterocycles. The maximum absolute atomic E-state index is 5.08. The van der Waals surface area contributed by atoms with Crippen molar-refractivity contribution in [2.75, 3.05) is 33.1 Å². The van der Waals surface area contributed by atoms with Crippen LogP contribution in [0.25, 0.3) is 0 Å². The molecule has 0 aromatic rings. The minimum Gasteiger partial charge on any atom is -0.382 e. The Morgan fingerprint density at radius 3 is 2.50 bits per heavy atom. The van der Waals surface area contributed by atoms with Crippen molar-refractivity contribution in [3.63, 3.8) is 0 Å². The van der Waals surface area contributed by atoms with Crippen LogP contribution in [-0.4, -0.2) is 33.1 Å². The molecule has 0 aliphatic carbocycles. The number of ether oxygens (including phenoxy) is 2. The molecule has 0 bridgehead atoms. The van der Waals surface area contributed by atoms with Crippen LogP contribution in [-0.2, 0) is 9.47 Å². The summed E-state index contributed by atoms with van der Waals surface area (Å²) in [5.41, 5.74) is 0. The lowest BCUT2D eigenvalue weighted by Gasteiger charge is -1.98. The van der Waals surface area contributed by atoms with Gasteiger partial charge in [-0.1, -0.05) is 0 Å². The van der Waals surface area contributed by atoms with Gasteiger partial charge in [-0.3, -0.25) is 0 Å². The van der Waals surface area contributed by atoms with E-state index in [-0.39, 0.29) is 0 Å². The predicted molar refractivity (Wildman–Crippen MR) is 37.3 cm³/mol. The quantitative estimate of drug-likeness (QED) is 0.405. The van der Waals surface area contributed by atoms with E-state index in [0.29, 0.717) is 13.2 Å². The first-order valence-electron chi connectivity index (χ1n) is 2.68. The molecule has 50 valence electrons. The van der Waals surface area contributed by atoms with Crippen molar-refractivity contribution in [3.8, 4) is 0 Å². The highest BCUT2D eigenvalue weighted by Gasteiger charge is 1.81. The smallest absolute Gasteiger partial charge is 0.0700 e. The third kappa shape index (κ3) is 6.35. The minimum atomic E-state index is 0.699. The van der Waals surface area contributed by atoms with Gasteiger partial charge in [0.15, 0.2) is 0 Å². The van der Waals surface area contributed by atoms with Crippen LogP contribution >= 0.6 is 9.24 Å². The number of methoxy groups -OCH3 is 1.